The molecule has 0 amide bonds. The average Bonchev–Trinajstić information content (AvgIpc) is 2.80. The Hall–Kier alpha value is -1.57. The summed E-state index contributed by atoms with van der Waals surface area (Å²) in [5.41, 5.74) is 0. The minimum absolute atomic E-state index is 0.0381. The van der Waals surface area contributed by atoms with Crippen LogP contribution in [0.4, 0.5) is 0 Å². The number of ether oxygens (including phenoxy) is 1. The molecule has 0 aliphatic rings. The van der Waals surface area contributed by atoms with E-state index in [1.807, 2.05) is 0 Å². The van der Waals surface area contributed by atoms with Gasteiger partial charge in [0.25, 0.3) is 0 Å². The van der Waals surface area contributed by atoms with Gasteiger partial charge in [0.1, 0.15) is 0 Å². The zero-order chi connectivity index (χ0) is 23.4. The summed E-state index contributed by atoms with van der Waals surface area (Å²) in [6.45, 7) is 5.09. The number of allylic oxidation sites excluding steroid dienone is 8. The molecule has 0 unspecified atom stereocenters. The predicted molar refractivity (Wildman–Crippen MR) is 142 cm³/mol. The minimum atomic E-state index is -0.0381. The van der Waals surface area contributed by atoms with Gasteiger partial charge in [0, 0.05) is 6.42 Å². The zero-order valence-corrected chi connectivity index (χ0v) is 21.4. The van der Waals surface area contributed by atoms with E-state index in [0.29, 0.717) is 13.0 Å². The fourth-order valence-electron chi connectivity index (χ4n) is 3.42. The summed E-state index contributed by atoms with van der Waals surface area (Å²) in [7, 11) is 0. The summed E-state index contributed by atoms with van der Waals surface area (Å²) in [5, 5.41) is 0. The molecule has 0 heterocycles. The molecule has 0 atom stereocenters. The number of carbonyl (C=O) groups is 1. The van der Waals surface area contributed by atoms with Crippen LogP contribution in [-0.4, -0.2) is 12.6 Å². The Morgan fingerprint density at radius 3 is 1.53 bits per heavy atom. The molecule has 0 bridgehead atoms. The maximum atomic E-state index is 11.7. The van der Waals surface area contributed by atoms with E-state index in [1.54, 1.807) is 0 Å². The fourth-order valence-corrected chi connectivity index (χ4v) is 3.42. The molecular weight excluding hydrogens is 392 g/mol. The first-order chi connectivity index (χ1) is 15.8. The van der Waals surface area contributed by atoms with Crippen molar-refractivity contribution in [3.63, 3.8) is 0 Å². The molecule has 0 radical (unpaired) electrons. The Morgan fingerprint density at radius 1 is 0.531 bits per heavy atom. The summed E-state index contributed by atoms with van der Waals surface area (Å²) in [5.74, 6) is -0.0381. The molecule has 0 aliphatic carbocycles. The molecule has 32 heavy (non-hydrogen) atoms. The monoisotopic (exact) mass is 444 g/mol. The quantitative estimate of drug-likeness (QED) is 0.0890. The van der Waals surface area contributed by atoms with E-state index < -0.39 is 0 Å². The first kappa shape index (κ1) is 30.4. The molecule has 0 aromatic rings. The van der Waals surface area contributed by atoms with Crippen LogP contribution in [0.5, 0.6) is 0 Å². The van der Waals surface area contributed by atoms with Gasteiger partial charge in [-0.3, -0.25) is 4.79 Å². The van der Waals surface area contributed by atoms with Crippen molar-refractivity contribution in [3.05, 3.63) is 48.6 Å². The molecule has 0 saturated carbocycles. The van der Waals surface area contributed by atoms with Crippen LogP contribution in [-0.2, 0) is 9.53 Å². The molecule has 0 spiro atoms. The van der Waals surface area contributed by atoms with Crippen LogP contribution < -0.4 is 0 Å². The lowest BCUT2D eigenvalue weighted by atomic mass is 10.1. The van der Waals surface area contributed by atoms with Gasteiger partial charge in [-0.1, -0.05) is 120 Å². The van der Waals surface area contributed by atoms with E-state index in [9.17, 15) is 4.79 Å². The third-order valence-electron chi connectivity index (χ3n) is 5.47. The van der Waals surface area contributed by atoms with Crippen molar-refractivity contribution < 1.29 is 9.53 Å². The van der Waals surface area contributed by atoms with Gasteiger partial charge >= 0.3 is 5.97 Å². The highest BCUT2D eigenvalue weighted by Gasteiger charge is 2.01. The Labute approximate surface area is 200 Å². The maximum absolute atomic E-state index is 11.7. The van der Waals surface area contributed by atoms with E-state index in [4.69, 9.17) is 4.74 Å². The van der Waals surface area contributed by atoms with Crippen molar-refractivity contribution in [1.82, 2.24) is 0 Å². The second kappa shape index (κ2) is 27.5. The minimum Gasteiger partial charge on any atom is -0.466 e. The fraction of sp³-hybridized carbons (Fsp3) is 0.700. The topological polar surface area (TPSA) is 26.3 Å². The summed E-state index contributed by atoms with van der Waals surface area (Å²) >= 11 is 0. The average molecular weight is 445 g/mol. The Kier molecular flexibility index (Phi) is 26.1. The molecule has 184 valence electrons. The summed E-state index contributed by atoms with van der Waals surface area (Å²) in [4.78, 5) is 11.7. The molecule has 0 saturated heterocycles. The van der Waals surface area contributed by atoms with Crippen LogP contribution in [0.25, 0.3) is 0 Å². The second-order valence-corrected chi connectivity index (χ2v) is 8.68. The van der Waals surface area contributed by atoms with Crippen molar-refractivity contribution >= 4 is 5.97 Å². The highest BCUT2D eigenvalue weighted by atomic mass is 16.5. The van der Waals surface area contributed by atoms with Crippen LogP contribution in [0, 0.1) is 0 Å². The molecule has 0 N–H and O–H groups in total. The molecule has 0 rings (SSSR count). The lowest BCUT2D eigenvalue weighted by Crippen LogP contribution is -2.05. The number of esters is 1. The van der Waals surface area contributed by atoms with Gasteiger partial charge in [-0.15, -0.1) is 0 Å². The highest BCUT2D eigenvalue weighted by Crippen LogP contribution is 2.09. The van der Waals surface area contributed by atoms with Gasteiger partial charge in [-0.25, -0.2) is 0 Å². The molecule has 2 heteroatoms. The lowest BCUT2D eigenvalue weighted by Gasteiger charge is -2.04. The van der Waals surface area contributed by atoms with E-state index in [2.05, 4.69) is 62.5 Å². The van der Waals surface area contributed by atoms with E-state index >= 15 is 0 Å². The van der Waals surface area contributed by atoms with Crippen LogP contribution >= 0.6 is 0 Å². The summed E-state index contributed by atoms with van der Waals surface area (Å²) in [6.07, 6.45) is 38.5. The van der Waals surface area contributed by atoms with Gasteiger partial charge in [0.05, 0.1) is 6.61 Å². The van der Waals surface area contributed by atoms with E-state index in [-0.39, 0.29) is 5.97 Å². The highest BCUT2D eigenvalue weighted by molar-refractivity contribution is 5.69. The smallest absolute Gasteiger partial charge is 0.305 e. The van der Waals surface area contributed by atoms with Crippen molar-refractivity contribution in [2.45, 2.75) is 129 Å². The SMILES string of the molecule is CCCCCC=CCC=CCC=CCC=CCCCC(=O)OCCCCCCCCCC. The molecular formula is C30H52O2. The van der Waals surface area contributed by atoms with E-state index in [1.165, 1.54) is 70.6 Å². The third-order valence-corrected chi connectivity index (χ3v) is 5.47. The first-order valence-corrected chi connectivity index (χ1v) is 13.6. The van der Waals surface area contributed by atoms with Gasteiger partial charge in [-0.2, -0.15) is 0 Å². The number of hydrogen-bond donors (Lipinski definition) is 0. The number of carbonyl (C=O) groups excluding carboxylic acids is 1. The Bertz CT molecular complexity index is 499. The molecule has 2 nitrogen and oxygen atoms in total. The Balaban J connectivity index is 3.41. The van der Waals surface area contributed by atoms with Crippen LogP contribution in [0.15, 0.2) is 48.6 Å². The molecule has 0 aromatic heterocycles. The van der Waals surface area contributed by atoms with Gasteiger partial charge in [0.15, 0.2) is 0 Å². The first-order valence-electron chi connectivity index (χ1n) is 13.6. The molecule has 0 aromatic carbocycles. The largest absolute Gasteiger partial charge is 0.466 e. The van der Waals surface area contributed by atoms with Crippen molar-refractivity contribution in [2.75, 3.05) is 6.61 Å². The van der Waals surface area contributed by atoms with Crippen molar-refractivity contribution in [2.24, 2.45) is 0 Å². The Morgan fingerprint density at radius 2 is 0.969 bits per heavy atom. The number of hydrogen-bond acceptors (Lipinski definition) is 2. The van der Waals surface area contributed by atoms with Crippen molar-refractivity contribution in [1.29, 1.82) is 0 Å². The van der Waals surface area contributed by atoms with Gasteiger partial charge < -0.3 is 4.74 Å². The van der Waals surface area contributed by atoms with Crippen molar-refractivity contribution in [3.8, 4) is 0 Å². The standard InChI is InChI=1S/C30H52O2/c1-3-5-7-9-11-13-14-15-16-17-18-19-20-21-22-24-26-28-30(31)32-29-27-25-23-12-10-8-6-4-2/h11,13,15-16,18-19,21-22H,3-10,12,14,17,20,23-29H2,1-2H3. The van der Waals surface area contributed by atoms with Crippen LogP contribution in [0.3, 0.4) is 0 Å². The number of unbranched alkanes of at least 4 members (excludes halogenated alkanes) is 11. The predicted octanol–water partition coefficient (Wildman–Crippen LogP) is 9.82. The summed E-state index contributed by atoms with van der Waals surface area (Å²) in [6, 6.07) is 0. The molecule has 0 fully saturated rings. The van der Waals surface area contributed by atoms with Crippen LogP contribution in [0.2, 0.25) is 0 Å². The lowest BCUT2D eigenvalue weighted by molar-refractivity contribution is -0.143. The third kappa shape index (κ3) is 26.5. The number of rotatable bonds is 23. The summed E-state index contributed by atoms with van der Waals surface area (Å²) < 4.78 is 5.33. The maximum Gasteiger partial charge on any atom is 0.305 e. The van der Waals surface area contributed by atoms with E-state index in [0.717, 1.165) is 38.5 Å². The van der Waals surface area contributed by atoms with Gasteiger partial charge in [-0.05, 0) is 51.4 Å². The van der Waals surface area contributed by atoms with Gasteiger partial charge in [0.2, 0.25) is 0 Å². The normalized spacial score (nSPS) is 12.2. The zero-order valence-electron chi connectivity index (χ0n) is 21.4. The van der Waals surface area contributed by atoms with Crippen LogP contribution in [0.1, 0.15) is 129 Å². The second-order valence-electron chi connectivity index (χ2n) is 8.68. The molecule has 0 aliphatic heterocycles.